The fourth-order valence-corrected chi connectivity index (χ4v) is 1.87. The fraction of sp³-hybridized carbons (Fsp3) is 0. The Labute approximate surface area is 111 Å². The topological polar surface area (TPSA) is 54.4 Å². The van der Waals surface area contributed by atoms with Crippen LogP contribution in [-0.2, 0) is 0 Å². The zero-order chi connectivity index (χ0) is 13.0. The molecule has 0 saturated carbocycles. The van der Waals surface area contributed by atoms with Gasteiger partial charge in [0.05, 0.1) is 11.7 Å². The van der Waals surface area contributed by atoms with E-state index >= 15 is 0 Å². The lowest BCUT2D eigenvalue weighted by atomic mass is 10.2. The average molecular weight is 284 g/mol. The van der Waals surface area contributed by atoms with Gasteiger partial charge in [-0.1, -0.05) is 11.6 Å². The second kappa shape index (κ2) is 5.70. The molecule has 18 heavy (non-hydrogen) atoms. The SMILES string of the molecule is O=C(N/N=C/c1cc(Cl)ccc1F)c1cscn1. The van der Waals surface area contributed by atoms with Gasteiger partial charge < -0.3 is 0 Å². The van der Waals surface area contributed by atoms with E-state index < -0.39 is 11.7 Å². The third-order valence-corrected chi connectivity index (χ3v) is 2.81. The van der Waals surface area contributed by atoms with Crippen LogP contribution in [0.4, 0.5) is 4.39 Å². The normalized spacial score (nSPS) is 10.8. The van der Waals surface area contributed by atoms with Crippen molar-refractivity contribution < 1.29 is 9.18 Å². The molecular weight excluding hydrogens is 277 g/mol. The lowest BCUT2D eigenvalue weighted by Gasteiger charge is -1.98. The maximum absolute atomic E-state index is 13.3. The number of carbonyl (C=O) groups is 1. The number of benzene rings is 1. The fourth-order valence-electron chi connectivity index (χ4n) is 1.16. The van der Waals surface area contributed by atoms with Crippen LogP contribution < -0.4 is 5.43 Å². The number of nitrogens with zero attached hydrogens (tertiary/aromatic N) is 2. The van der Waals surface area contributed by atoms with Gasteiger partial charge in [-0.15, -0.1) is 11.3 Å². The van der Waals surface area contributed by atoms with Gasteiger partial charge in [0.2, 0.25) is 0 Å². The summed E-state index contributed by atoms with van der Waals surface area (Å²) in [6.07, 6.45) is 1.19. The summed E-state index contributed by atoms with van der Waals surface area (Å²) < 4.78 is 13.3. The summed E-state index contributed by atoms with van der Waals surface area (Å²) in [6, 6.07) is 4.07. The minimum absolute atomic E-state index is 0.195. The monoisotopic (exact) mass is 283 g/mol. The van der Waals surface area contributed by atoms with Crippen LogP contribution in [-0.4, -0.2) is 17.1 Å². The molecule has 0 spiro atoms. The molecule has 1 aromatic heterocycles. The molecule has 7 heteroatoms. The molecule has 2 rings (SSSR count). The van der Waals surface area contributed by atoms with Crippen molar-refractivity contribution in [3.05, 3.63) is 51.2 Å². The minimum atomic E-state index is -0.467. The van der Waals surface area contributed by atoms with Crippen molar-refractivity contribution in [1.82, 2.24) is 10.4 Å². The molecule has 1 N–H and O–H groups in total. The Balaban J connectivity index is 2.03. The molecular formula is C11H7ClFN3OS. The van der Waals surface area contributed by atoms with E-state index in [1.165, 1.54) is 41.3 Å². The highest BCUT2D eigenvalue weighted by Gasteiger charge is 2.05. The van der Waals surface area contributed by atoms with Gasteiger partial charge >= 0.3 is 0 Å². The second-order valence-corrected chi connectivity index (χ2v) is 4.39. The number of rotatable bonds is 3. The molecule has 2 aromatic rings. The largest absolute Gasteiger partial charge is 0.290 e. The second-order valence-electron chi connectivity index (χ2n) is 3.24. The smallest absolute Gasteiger partial charge is 0.266 e. The van der Waals surface area contributed by atoms with Crippen LogP contribution in [0.1, 0.15) is 16.1 Å². The van der Waals surface area contributed by atoms with Crippen LogP contribution in [0, 0.1) is 5.82 Å². The number of aromatic nitrogens is 1. The van der Waals surface area contributed by atoms with E-state index in [9.17, 15) is 9.18 Å². The summed E-state index contributed by atoms with van der Waals surface area (Å²) in [5.74, 6) is -0.916. The van der Waals surface area contributed by atoms with Crippen molar-refractivity contribution in [1.29, 1.82) is 0 Å². The van der Waals surface area contributed by atoms with Crippen molar-refractivity contribution in [2.24, 2.45) is 5.10 Å². The number of hydrogen-bond acceptors (Lipinski definition) is 4. The molecule has 1 heterocycles. The molecule has 4 nitrogen and oxygen atoms in total. The molecule has 1 aromatic carbocycles. The quantitative estimate of drug-likeness (QED) is 0.695. The van der Waals surface area contributed by atoms with Crippen molar-refractivity contribution in [3.63, 3.8) is 0 Å². The molecule has 0 radical (unpaired) electrons. The van der Waals surface area contributed by atoms with Crippen LogP contribution in [0.3, 0.4) is 0 Å². The maximum atomic E-state index is 13.3. The van der Waals surface area contributed by atoms with Gasteiger partial charge in [0.25, 0.3) is 5.91 Å². The Morgan fingerprint density at radius 2 is 2.39 bits per heavy atom. The first kappa shape index (κ1) is 12.7. The summed E-state index contributed by atoms with van der Waals surface area (Å²) in [4.78, 5) is 15.3. The van der Waals surface area contributed by atoms with E-state index in [4.69, 9.17) is 11.6 Å². The van der Waals surface area contributed by atoms with Gasteiger partial charge in [0, 0.05) is 16.0 Å². The van der Waals surface area contributed by atoms with Crippen LogP contribution in [0.25, 0.3) is 0 Å². The first-order valence-corrected chi connectivity index (χ1v) is 6.15. The Morgan fingerprint density at radius 3 is 3.11 bits per heavy atom. The molecule has 1 amide bonds. The maximum Gasteiger partial charge on any atom is 0.290 e. The van der Waals surface area contributed by atoms with Crippen LogP contribution in [0.5, 0.6) is 0 Å². The Hall–Kier alpha value is -1.79. The Kier molecular flexibility index (Phi) is 4.01. The summed E-state index contributed by atoms with van der Waals surface area (Å²) in [5, 5.41) is 5.62. The van der Waals surface area contributed by atoms with Gasteiger partial charge in [-0.25, -0.2) is 14.8 Å². The molecule has 0 saturated heterocycles. The standard InChI is InChI=1S/C11H7ClFN3OS/c12-8-1-2-9(13)7(3-8)4-15-16-11(17)10-5-18-6-14-10/h1-6H,(H,16,17)/b15-4+. The van der Waals surface area contributed by atoms with Crippen molar-refractivity contribution in [2.75, 3.05) is 0 Å². The highest BCUT2D eigenvalue weighted by atomic mass is 35.5. The van der Waals surface area contributed by atoms with Crippen molar-refractivity contribution >= 4 is 35.1 Å². The van der Waals surface area contributed by atoms with Gasteiger partial charge in [0.15, 0.2) is 0 Å². The van der Waals surface area contributed by atoms with Crippen molar-refractivity contribution in [3.8, 4) is 0 Å². The highest BCUT2D eigenvalue weighted by molar-refractivity contribution is 7.07. The van der Waals surface area contributed by atoms with Gasteiger partial charge in [-0.2, -0.15) is 5.10 Å². The van der Waals surface area contributed by atoms with Crippen LogP contribution >= 0.6 is 22.9 Å². The molecule has 0 bridgehead atoms. The number of amides is 1. The summed E-state index contributed by atoms with van der Waals surface area (Å²) >= 11 is 7.02. The zero-order valence-electron chi connectivity index (χ0n) is 8.93. The molecule has 92 valence electrons. The summed E-state index contributed by atoms with van der Waals surface area (Å²) in [5.41, 5.74) is 4.24. The minimum Gasteiger partial charge on any atom is -0.266 e. The molecule has 0 aliphatic rings. The Bertz CT molecular complexity index is 586. The molecule has 0 fully saturated rings. The predicted molar refractivity (Wildman–Crippen MR) is 68.6 cm³/mol. The first-order chi connectivity index (χ1) is 8.66. The zero-order valence-corrected chi connectivity index (χ0v) is 10.5. The van der Waals surface area contributed by atoms with Gasteiger partial charge in [-0.3, -0.25) is 4.79 Å². The number of hydrogen-bond donors (Lipinski definition) is 1. The van der Waals surface area contributed by atoms with Crippen molar-refractivity contribution in [2.45, 2.75) is 0 Å². The number of hydrazone groups is 1. The number of halogens is 2. The third-order valence-electron chi connectivity index (χ3n) is 1.99. The number of thiazole rings is 1. The number of carbonyl (C=O) groups excluding carboxylic acids is 1. The van der Waals surface area contributed by atoms with E-state index in [1.54, 1.807) is 5.38 Å². The van der Waals surface area contributed by atoms with Crippen LogP contribution in [0.15, 0.2) is 34.2 Å². The van der Waals surface area contributed by atoms with Crippen LogP contribution in [0.2, 0.25) is 5.02 Å². The first-order valence-electron chi connectivity index (χ1n) is 4.83. The van der Waals surface area contributed by atoms with E-state index in [2.05, 4.69) is 15.5 Å². The van der Waals surface area contributed by atoms with E-state index in [0.717, 1.165) is 0 Å². The molecule has 0 unspecified atom stereocenters. The van der Waals surface area contributed by atoms with E-state index in [0.29, 0.717) is 5.02 Å². The molecule has 0 aliphatic heterocycles. The Morgan fingerprint density at radius 1 is 1.56 bits per heavy atom. The average Bonchev–Trinajstić information content (AvgIpc) is 2.87. The summed E-state index contributed by atoms with van der Waals surface area (Å²) in [6.45, 7) is 0. The number of nitrogens with one attached hydrogen (secondary N) is 1. The lowest BCUT2D eigenvalue weighted by Crippen LogP contribution is -2.17. The van der Waals surface area contributed by atoms with E-state index in [-0.39, 0.29) is 11.3 Å². The predicted octanol–water partition coefficient (Wildman–Crippen LogP) is 2.70. The molecule has 0 atom stereocenters. The van der Waals surface area contributed by atoms with Gasteiger partial charge in [-0.05, 0) is 18.2 Å². The van der Waals surface area contributed by atoms with Gasteiger partial charge in [0.1, 0.15) is 11.5 Å². The van der Waals surface area contributed by atoms with E-state index in [1.807, 2.05) is 0 Å². The summed E-state index contributed by atoms with van der Waals surface area (Å²) in [7, 11) is 0. The highest BCUT2D eigenvalue weighted by Crippen LogP contribution is 2.12. The molecule has 0 aliphatic carbocycles. The lowest BCUT2D eigenvalue weighted by molar-refractivity contribution is 0.0951. The third kappa shape index (κ3) is 3.12.